The first-order chi connectivity index (χ1) is 8.16. The monoisotopic (exact) mass is 263 g/mol. The van der Waals surface area contributed by atoms with Crippen LogP contribution < -0.4 is 5.73 Å². The molecule has 5 heteroatoms. The predicted molar refractivity (Wildman–Crippen MR) is 72.7 cm³/mol. The van der Waals surface area contributed by atoms with Crippen LogP contribution in [-0.4, -0.2) is 9.38 Å². The highest BCUT2D eigenvalue weighted by Gasteiger charge is 2.10. The number of fused-ring (bicyclic) bond motifs is 1. The second-order valence-electron chi connectivity index (χ2n) is 3.89. The number of imidazole rings is 1. The van der Waals surface area contributed by atoms with Crippen LogP contribution in [-0.2, 0) is 0 Å². The molecule has 0 saturated carbocycles. The number of halogens is 1. The SMILES string of the molecule is Cc1cc(-c2csc3ncc(N)n23)ccc1Cl. The van der Waals surface area contributed by atoms with Gasteiger partial charge < -0.3 is 5.73 Å². The van der Waals surface area contributed by atoms with Gasteiger partial charge in [-0.05, 0) is 30.2 Å². The van der Waals surface area contributed by atoms with Gasteiger partial charge in [-0.15, -0.1) is 11.3 Å². The van der Waals surface area contributed by atoms with E-state index in [4.69, 9.17) is 17.3 Å². The summed E-state index contributed by atoms with van der Waals surface area (Å²) in [5.74, 6) is 0.656. The number of thiazole rings is 1. The Hall–Kier alpha value is -1.52. The lowest BCUT2D eigenvalue weighted by Crippen LogP contribution is -1.93. The van der Waals surface area contributed by atoms with Crippen LogP contribution in [0.2, 0.25) is 5.02 Å². The van der Waals surface area contributed by atoms with E-state index in [-0.39, 0.29) is 0 Å². The van der Waals surface area contributed by atoms with E-state index in [2.05, 4.69) is 16.4 Å². The average Bonchev–Trinajstić information content (AvgIpc) is 2.86. The largest absolute Gasteiger partial charge is 0.383 e. The summed E-state index contributed by atoms with van der Waals surface area (Å²) >= 11 is 7.61. The fourth-order valence-electron chi connectivity index (χ4n) is 1.83. The van der Waals surface area contributed by atoms with Gasteiger partial charge in [0.2, 0.25) is 0 Å². The molecule has 0 radical (unpaired) electrons. The quantitative estimate of drug-likeness (QED) is 0.729. The maximum Gasteiger partial charge on any atom is 0.195 e. The molecule has 3 rings (SSSR count). The number of hydrogen-bond donors (Lipinski definition) is 1. The molecule has 0 bridgehead atoms. The van der Waals surface area contributed by atoms with Crippen molar-refractivity contribution >= 4 is 33.7 Å². The lowest BCUT2D eigenvalue weighted by atomic mass is 10.1. The Kier molecular flexibility index (Phi) is 2.34. The van der Waals surface area contributed by atoms with Crippen molar-refractivity contribution in [1.82, 2.24) is 9.38 Å². The number of nitrogen functional groups attached to an aromatic ring is 1. The van der Waals surface area contributed by atoms with E-state index >= 15 is 0 Å². The van der Waals surface area contributed by atoms with Crippen LogP contribution in [0.5, 0.6) is 0 Å². The number of aromatic nitrogens is 2. The Morgan fingerprint density at radius 3 is 3.00 bits per heavy atom. The second kappa shape index (κ2) is 3.75. The summed E-state index contributed by atoms with van der Waals surface area (Å²) in [4.78, 5) is 5.14. The van der Waals surface area contributed by atoms with Crippen molar-refractivity contribution in [2.45, 2.75) is 6.92 Å². The molecule has 3 aromatic rings. The normalized spacial score (nSPS) is 11.2. The molecular weight excluding hydrogens is 254 g/mol. The van der Waals surface area contributed by atoms with Crippen LogP contribution in [0.1, 0.15) is 5.56 Å². The summed E-state index contributed by atoms with van der Waals surface area (Å²) in [7, 11) is 0. The van der Waals surface area contributed by atoms with E-state index in [0.717, 1.165) is 26.8 Å². The molecule has 3 nitrogen and oxygen atoms in total. The Bertz CT molecular complexity index is 699. The molecule has 0 spiro atoms. The van der Waals surface area contributed by atoms with Gasteiger partial charge in [-0.25, -0.2) is 4.98 Å². The van der Waals surface area contributed by atoms with Gasteiger partial charge in [-0.3, -0.25) is 4.40 Å². The molecule has 1 aromatic carbocycles. The van der Waals surface area contributed by atoms with Gasteiger partial charge in [0.25, 0.3) is 0 Å². The third-order valence-corrected chi connectivity index (χ3v) is 3.99. The molecule has 2 aromatic heterocycles. The molecule has 86 valence electrons. The number of nitrogens with zero attached hydrogens (tertiary/aromatic N) is 2. The van der Waals surface area contributed by atoms with E-state index in [0.29, 0.717) is 5.82 Å². The van der Waals surface area contributed by atoms with E-state index in [1.54, 1.807) is 17.5 Å². The Morgan fingerprint density at radius 2 is 2.24 bits per heavy atom. The molecule has 0 unspecified atom stereocenters. The van der Waals surface area contributed by atoms with Crippen LogP contribution in [0.3, 0.4) is 0 Å². The summed E-state index contributed by atoms with van der Waals surface area (Å²) in [5, 5.41) is 2.83. The smallest absolute Gasteiger partial charge is 0.195 e. The Morgan fingerprint density at radius 1 is 1.41 bits per heavy atom. The number of hydrogen-bond acceptors (Lipinski definition) is 3. The number of rotatable bonds is 1. The van der Waals surface area contributed by atoms with Gasteiger partial charge in [0.1, 0.15) is 5.82 Å². The molecule has 0 amide bonds. The first kappa shape index (κ1) is 10.6. The van der Waals surface area contributed by atoms with Gasteiger partial charge >= 0.3 is 0 Å². The van der Waals surface area contributed by atoms with E-state index < -0.39 is 0 Å². The minimum absolute atomic E-state index is 0.656. The number of nitrogens with two attached hydrogens (primary N) is 1. The van der Waals surface area contributed by atoms with Gasteiger partial charge in [-0.2, -0.15) is 0 Å². The summed E-state index contributed by atoms with van der Waals surface area (Å²) in [5.41, 5.74) is 9.12. The zero-order valence-electron chi connectivity index (χ0n) is 9.14. The topological polar surface area (TPSA) is 43.3 Å². The highest BCUT2D eigenvalue weighted by Crippen LogP contribution is 2.30. The van der Waals surface area contributed by atoms with Gasteiger partial charge in [0, 0.05) is 10.4 Å². The van der Waals surface area contributed by atoms with Crippen molar-refractivity contribution in [3.8, 4) is 11.3 Å². The van der Waals surface area contributed by atoms with E-state index in [9.17, 15) is 0 Å². The first-order valence-corrected chi connectivity index (χ1v) is 6.39. The minimum atomic E-state index is 0.656. The maximum absolute atomic E-state index is 6.03. The minimum Gasteiger partial charge on any atom is -0.383 e. The van der Waals surface area contributed by atoms with Crippen molar-refractivity contribution in [2.24, 2.45) is 0 Å². The Balaban J connectivity index is 2.26. The summed E-state index contributed by atoms with van der Waals surface area (Å²) in [6.45, 7) is 1.99. The molecule has 0 fully saturated rings. The third-order valence-electron chi connectivity index (χ3n) is 2.73. The van der Waals surface area contributed by atoms with Crippen LogP contribution in [0.25, 0.3) is 16.2 Å². The molecule has 0 saturated heterocycles. The molecular formula is C12H10ClN3S. The van der Waals surface area contributed by atoms with Crippen molar-refractivity contribution in [3.05, 3.63) is 40.4 Å². The lowest BCUT2D eigenvalue weighted by molar-refractivity contribution is 1.24. The van der Waals surface area contributed by atoms with Gasteiger partial charge in [-0.1, -0.05) is 17.7 Å². The first-order valence-electron chi connectivity index (χ1n) is 5.14. The number of benzene rings is 1. The van der Waals surface area contributed by atoms with Crippen molar-refractivity contribution < 1.29 is 0 Å². The predicted octanol–water partition coefficient (Wildman–Crippen LogP) is 3.61. The zero-order valence-corrected chi connectivity index (χ0v) is 10.7. The fraction of sp³-hybridized carbons (Fsp3) is 0.0833. The summed E-state index contributed by atoms with van der Waals surface area (Å²) < 4.78 is 1.95. The van der Waals surface area contributed by atoms with Crippen molar-refractivity contribution in [2.75, 3.05) is 5.73 Å². The Labute approximate surface area is 107 Å². The highest BCUT2D eigenvalue weighted by molar-refractivity contribution is 7.15. The molecule has 2 N–H and O–H groups in total. The summed E-state index contributed by atoms with van der Waals surface area (Å²) in [6, 6.07) is 5.96. The highest BCUT2D eigenvalue weighted by atomic mass is 35.5. The molecule has 2 heterocycles. The molecule has 0 aliphatic heterocycles. The second-order valence-corrected chi connectivity index (χ2v) is 5.13. The van der Waals surface area contributed by atoms with Gasteiger partial charge in [0.05, 0.1) is 11.9 Å². The van der Waals surface area contributed by atoms with Crippen LogP contribution in [0, 0.1) is 6.92 Å². The molecule has 0 aliphatic carbocycles. The van der Waals surface area contributed by atoms with Crippen LogP contribution >= 0.6 is 22.9 Å². The lowest BCUT2D eigenvalue weighted by Gasteiger charge is -2.04. The van der Waals surface area contributed by atoms with E-state index in [1.165, 1.54) is 0 Å². The number of aryl methyl sites for hydroxylation is 1. The maximum atomic E-state index is 6.03. The fourth-order valence-corrected chi connectivity index (χ4v) is 2.83. The average molecular weight is 264 g/mol. The van der Waals surface area contributed by atoms with Crippen LogP contribution in [0.4, 0.5) is 5.82 Å². The van der Waals surface area contributed by atoms with Crippen LogP contribution in [0.15, 0.2) is 29.8 Å². The van der Waals surface area contributed by atoms with Crippen molar-refractivity contribution in [3.63, 3.8) is 0 Å². The van der Waals surface area contributed by atoms with Gasteiger partial charge in [0.15, 0.2) is 4.96 Å². The standard InChI is InChI=1S/C12H10ClN3S/c1-7-4-8(2-3-9(7)13)10-6-17-12-15-5-11(14)16(10)12/h2-6H,14H2,1H3. The third kappa shape index (κ3) is 1.61. The molecule has 17 heavy (non-hydrogen) atoms. The summed E-state index contributed by atoms with van der Waals surface area (Å²) in [6.07, 6.45) is 1.68. The van der Waals surface area contributed by atoms with Crippen molar-refractivity contribution in [1.29, 1.82) is 0 Å². The molecule has 0 aliphatic rings. The molecule has 0 atom stereocenters. The number of anilines is 1. The zero-order chi connectivity index (χ0) is 12.0. The van der Waals surface area contributed by atoms with E-state index in [1.807, 2.05) is 23.5 Å².